The summed E-state index contributed by atoms with van der Waals surface area (Å²) >= 11 is 14.9. The Morgan fingerprint density at radius 2 is 2.05 bits per heavy atom. The molecule has 0 aliphatic rings. The van der Waals surface area contributed by atoms with Crippen LogP contribution in [-0.4, -0.2) is 17.2 Å². The lowest BCUT2D eigenvalue weighted by Crippen LogP contribution is -2.17. The number of amides is 1. The first kappa shape index (κ1) is 15.8. The maximum absolute atomic E-state index is 11.8. The van der Waals surface area contributed by atoms with Crippen LogP contribution in [0, 0.1) is 0 Å². The lowest BCUT2D eigenvalue weighted by atomic mass is 10.2. The summed E-state index contributed by atoms with van der Waals surface area (Å²) in [5.74, 6) is -0.526. The summed E-state index contributed by atoms with van der Waals surface area (Å²) in [6, 6.07) is 9.77. The Balaban J connectivity index is 2.11. The molecule has 108 valence electrons. The molecule has 2 N–H and O–H groups in total. The van der Waals surface area contributed by atoms with Crippen molar-refractivity contribution >= 4 is 51.3 Å². The van der Waals surface area contributed by atoms with Gasteiger partial charge in [-0.05, 0) is 30.3 Å². The fourth-order valence-corrected chi connectivity index (χ4v) is 2.45. The zero-order valence-corrected chi connectivity index (χ0v) is 13.6. The summed E-state index contributed by atoms with van der Waals surface area (Å²) in [7, 11) is 0. The summed E-state index contributed by atoms with van der Waals surface area (Å²) in [4.78, 5) is 11.8. The fraction of sp³-hybridized carbons (Fsp3) is 0. The molecular formula is C14H9BrCl2N2O2. The van der Waals surface area contributed by atoms with E-state index in [1.54, 1.807) is 18.2 Å². The van der Waals surface area contributed by atoms with Crippen molar-refractivity contribution in [3.05, 3.63) is 62.0 Å². The summed E-state index contributed by atoms with van der Waals surface area (Å²) in [5.41, 5.74) is 3.11. The van der Waals surface area contributed by atoms with Crippen molar-refractivity contribution in [3.63, 3.8) is 0 Å². The first-order chi connectivity index (χ1) is 9.97. The molecule has 0 aromatic heterocycles. The van der Waals surface area contributed by atoms with Crippen LogP contribution in [0.4, 0.5) is 0 Å². The van der Waals surface area contributed by atoms with Gasteiger partial charge >= 0.3 is 0 Å². The molecule has 0 heterocycles. The predicted molar refractivity (Wildman–Crippen MR) is 87.3 cm³/mol. The molecule has 2 aromatic rings. The lowest BCUT2D eigenvalue weighted by Gasteiger charge is -2.03. The van der Waals surface area contributed by atoms with E-state index >= 15 is 0 Å². The smallest absolute Gasteiger partial charge is 0.271 e. The molecule has 0 bridgehead atoms. The third kappa shape index (κ3) is 4.20. The number of carbonyl (C=O) groups excluding carboxylic acids is 1. The number of benzene rings is 2. The van der Waals surface area contributed by atoms with E-state index in [-0.39, 0.29) is 16.7 Å². The van der Waals surface area contributed by atoms with Crippen molar-refractivity contribution in [1.82, 2.24) is 5.43 Å². The van der Waals surface area contributed by atoms with Crippen LogP contribution in [0.3, 0.4) is 0 Å². The number of hydrogen-bond donors (Lipinski definition) is 2. The van der Waals surface area contributed by atoms with Crippen molar-refractivity contribution in [2.24, 2.45) is 5.10 Å². The van der Waals surface area contributed by atoms with E-state index < -0.39 is 0 Å². The molecule has 0 spiro atoms. The maximum Gasteiger partial charge on any atom is 0.271 e. The molecule has 2 aromatic carbocycles. The van der Waals surface area contributed by atoms with Crippen LogP contribution in [0.25, 0.3) is 0 Å². The third-order valence-corrected chi connectivity index (χ3v) is 3.51. The predicted octanol–water partition coefficient (Wildman–Crippen LogP) is 4.23. The van der Waals surface area contributed by atoms with Crippen molar-refractivity contribution in [3.8, 4) is 5.75 Å². The molecular weight excluding hydrogens is 379 g/mol. The SMILES string of the molecule is O=C(NN=Cc1cc(Cl)cc(Cl)c1O)c1cccc(Br)c1. The third-order valence-electron chi connectivity index (χ3n) is 2.51. The van der Waals surface area contributed by atoms with Gasteiger partial charge in [-0.15, -0.1) is 0 Å². The highest BCUT2D eigenvalue weighted by atomic mass is 79.9. The summed E-state index contributed by atoms with van der Waals surface area (Å²) in [5, 5.41) is 14.0. The molecule has 2 rings (SSSR count). The van der Waals surface area contributed by atoms with Crippen LogP contribution < -0.4 is 5.43 Å². The minimum absolute atomic E-state index is 0.113. The van der Waals surface area contributed by atoms with Crippen molar-refractivity contribution in [2.45, 2.75) is 0 Å². The van der Waals surface area contributed by atoms with Gasteiger partial charge in [0.2, 0.25) is 0 Å². The number of nitrogens with zero attached hydrogens (tertiary/aromatic N) is 1. The number of halogens is 3. The van der Waals surface area contributed by atoms with Gasteiger partial charge in [0.25, 0.3) is 5.91 Å². The Morgan fingerprint density at radius 3 is 2.76 bits per heavy atom. The molecule has 0 unspecified atom stereocenters. The van der Waals surface area contributed by atoms with E-state index in [0.29, 0.717) is 16.1 Å². The van der Waals surface area contributed by atoms with Crippen LogP contribution in [0.5, 0.6) is 5.75 Å². The number of hydrogen-bond acceptors (Lipinski definition) is 3. The molecule has 0 atom stereocenters. The van der Waals surface area contributed by atoms with Gasteiger partial charge < -0.3 is 5.11 Å². The van der Waals surface area contributed by atoms with E-state index in [1.165, 1.54) is 18.3 Å². The number of hydrazone groups is 1. The van der Waals surface area contributed by atoms with Gasteiger partial charge in [-0.2, -0.15) is 5.10 Å². The Labute approximate surface area is 139 Å². The van der Waals surface area contributed by atoms with E-state index in [1.807, 2.05) is 6.07 Å². The second kappa shape index (κ2) is 6.93. The zero-order chi connectivity index (χ0) is 15.4. The van der Waals surface area contributed by atoms with Gasteiger partial charge in [-0.3, -0.25) is 4.79 Å². The first-order valence-electron chi connectivity index (χ1n) is 5.74. The molecule has 0 saturated carbocycles. The van der Waals surface area contributed by atoms with Gasteiger partial charge in [0.1, 0.15) is 5.75 Å². The van der Waals surface area contributed by atoms with Crippen LogP contribution >= 0.6 is 39.1 Å². The fourth-order valence-electron chi connectivity index (χ4n) is 1.54. The molecule has 0 fully saturated rings. The molecule has 0 aliphatic heterocycles. The van der Waals surface area contributed by atoms with Crippen molar-refractivity contribution in [1.29, 1.82) is 0 Å². The number of carbonyl (C=O) groups is 1. The van der Waals surface area contributed by atoms with Crippen LogP contribution in [0.15, 0.2) is 46.0 Å². The van der Waals surface area contributed by atoms with E-state index in [4.69, 9.17) is 23.2 Å². The Hall–Kier alpha value is -1.56. The number of rotatable bonds is 3. The van der Waals surface area contributed by atoms with E-state index in [9.17, 15) is 9.90 Å². The summed E-state index contributed by atoms with van der Waals surface area (Å²) < 4.78 is 0.790. The van der Waals surface area contributed by atoms with Gasteiger partial charge in [-0.1, -0.05) is 45.2 Å². The summed E-state index contributed by atoms with van der Waals surface area (Å²) in [6.07, 6.45) is 1.27. The normalized spacial score (nSPS) is 10.8. The quantitative estimate of drug-likeness (QED) is 0.611. The minimum Gasteiger partial charge on any atom is -0.506 e. The van der Waals surface area contributed by atoms with Gasteiger partial charge in [0.05, 0.1) is 11.2 Å². The molecule has 0 radical (unpaired) electrons. The first-order valence-corrected chi connectivity index (χ1v) is 7.29. The molecule has 7 heteroatoms. The molecule has 0 aliphatic carbocycles. The topological polar surface area (TPSA) is 61.7 Å². The highest BCUT2D eigenvalue weighted by Gasteiger charge is 2.07. The Kier molecular flexibility index (Phi) is 5.22. The molecule has 1 amide bonds. The Bertz CT molecular complexity index is 720. The Morgan fingerprint density at radius 1 is 1.29 bits per heavy atom. The highest BCUT2D eigenvalue weighted by Crippen LogP contribution is 2.29. The zero-order valence-electron chi connectivity index (χ0n) is 10.5. The van der Waals surface area contributed by atoms with E-state index in [2.05, 4.69) is 26.5 Å². The van der Waals surface area contributed by atoms with Crippen LogP contribution in [-0.2, 0) is 0 Å². The molecule has 0 saturated heterocycles. The van der Waals surface area contributed by atoms with Crippen molar-refractivity contribution in [2.75, 3.05) is 0 Å². The second-order valence-corrected chi connectivity index (χ2v) is 5.79. The van der Waals surface area contributed by atoms with Gasteiger partial charge in [0.15, 0.2) is 0 Å². The highest BCUT2D eigenvalue weighted by molar-refractivity contribution is 9.10. The molecule has 4 nitrogen and oxygen atoms in total. The lowest BCUT2D eigenvalue weighted by molar-refractivity contribution is 0.0955. The van der Waals surface area contributed by atoms with Crippen molar-refractivity contribution < 1.29 is 9.90 Å². The van der Waals surface area contributed by atoms with Gasteiger partial charge in [0, 0.05) is 20.6 Å². The molecule has 21 heavy (non-hydrogen) atoms. The minimum atomic E-state index is -0.375. The monoisotopic (exact) mass is 386 g/mol. The summed E-state index contributed by atoms with van der Waals surface area (Å²) in [6.45, 7) is 0. The maximum atomic E-state index is 11.8. The van der Waals surface area contributed by atoms with Crippen LogP contribution in [0.1, 0.15) is 15.9 Å². The standard InChI is InChI=1S/C14H9BrCl2N2O2/c15-10-3-1-2-8(4-10)14(21)19-18-7-9-5-11(16)6-12(17)13(9)20/h1-7,20H,(H,19,21). The van der Waals surface area contributed by atoms with Crippen LogP contribution in [0.2, 0.25) is 10.0 Å². The number of phenols is 1. The number of phenolic OH excluding ortho intramolecular Hbond substituents is 1. The number of nitrogens with one attached hydrogen (secondary N) is 1. The number of aromatic hydroxyl groups is 1. The second-order valence-electron chi connectivity index (χ2n) is 4.03. The largest absolute Gasteiger partial charge is 0.506 e. The average molecular weight is 388 g/mol. The average Bonchev–Trinajstić information content (AvgIpc) is 2.43. The van der Waals surface area contributed by atoms with Gasteiger partial charge in [-0.25, -0.2) is 5.43 Å². The van der Waals surface area contributed by atoms with E-state index in [0.717, 1.165) is 4.47 Å².